The molecule has 1 heterocycles. The average molecular weight is 279 g/mol. The normalized spacial score (nSPS) is 27.2. The molecule has 1 aromatic carbocycles. The lowest BCUT2D eigenvalue weighted by atomic mass is 9.78. The van der Waals surface area contributed by atoms with Gasteiger partial charge >= 0.3 is 0 Å². The molecule has 0 radical (unpaired) electrons. The van der Waals surface area contributed by atoms with Crippen LogP contribution >= 0.6 is 11.6 Å². The number of hydrogen-bond acceptors (Lipinski definition) is 2. The standard InChI is InChI=1S/C16H23ClN2/c1-11-9-14(18)13(17)10-16(11)19-8-4-6-12-5-2-3-7-15(12)19/h9-10,12,15H,2-8,18H2,1H3. The highest BCUT2D eigenvalue weighted by Gasteiger charge is 2.33. The molecule has 104 valence electrons. The van der Waals surface area contributed by atoms with Crippen molar-refractivity contribution in [2.24, 2.45) is 5.92 Å². The quantitative estimate of drug-likeness (QED) is 0.772. The third kappa shape index (κ3) is 2.43. The molecule has 2 N–H and O–H groups in total. The number of hydrogen-bond donors (Lipinski definition) is 1. The van der Waals surface area contributed by atoms with Gasteiger partial charge in [-0.3, -0.25) is 0 Å². The maximum atomic E-state index is 6.23. The molecule has 3 heteroatoms. The van der Waals surface area contributed by atoms with Crippen LogP contribution in [0.2, 0.25) is 5.02 Å². The lowest BCUT2D eigenvalue weighted by molar-refractivity contribution is 0.243. The molecule has 0 aromatic heterocycles. The van der Waals surface area contributed by atoms with Gasteiger partial charge in [-0.15, -0.1) is 0 Å². The first-order valence-corrected chi connectivity index (χ1v) is 7.87. The Labute approximate surface area is 120 Å². The predicted octanol–water partition coefficient (Wildman–Crippen LogP) is 4.39. The molecule has 2 nitrogen and oxygen atoms in total. The van der Waals surface area contributed by atoms with Crippen molar-refractivity contribution in [2.45, 2.75) is 51.5 Å². The molecule has 1 saturated heterocycles. The summed E-state index contributed by atoms with van der Waals surface area (Å²) < 4.78 is 0. The van der Waals surface area contributed by atoms with Crippen LogP contribution in [0.25, 0.3) is 0 Å². The zero-order valence-corrected chi connectivity index (χ0v) is 12.4. The third-order valence-electron chi connectivity index (χ3n) is 4.87. The minimum atomic E-state index is 0.693. The van der Waals surface area contributed by atoms with Crippen LogP contribution in [0.15, 0.2) is 12.1 Å². The highest BCUT2D eigenvalue weighted by Crippen LogP contribution is 2.40. The average Bonchev–Trinajstić information content (AvgIpc) is 2.42. The molecular weight excluding hydrogens is 256 g/mol. The number of piperidine rings is 1. The highest BCUT2D eigenvalue weighted by molar-refractivity contribution is 6.33. The number of aryl methyl sites for hydroxylation is 1. The van der Waals surface area contributed by atoms with Gasteiger partial charge in [0.25, 0.3) is 0 Å². The van der Waals surface area contributed by atoms with E-state index in [9.17, 15) is 0 Å². The Hall–Kier alpha value is -0.890. The van der Waals surface area contributed by atoms with Gasteiger partial charge in [0, 0.05) is 18.3 Å². The maximum Gasteiger partial charge on any atom is 0.0656 e. The van der Waals surface area contributed by atoms with Gasteiger partial charge in [0.15, 0.2) is 0 Å². The van der Waals surface area contributed by atoms with Crippen molar-refractivity contribution in [3.63, 3.8) is 0 Å². The predicted molar refractivity (Wildman–Crippen MR) is 82.9 cm³/mol. The Bertz CT molecular complexity index is 470. The molecule has 1 aromatic rings. The molecule has 2 atom stereocenters. The van der Waals surface area contributed by atoms with E-state index in [1.165, 1.54) is 56.3 Å². The highest BCUT2D eigenvalue weighted by atomic mass is 35.5. The summed E-state index contributed by atoms with van der Waals surface area (Å²) in [6.07, 6.45) is 8.25. The summed E-state index contributed by atoms with van der Waals surface area (Å²) in [7, 11) is 0. The largest absolute Gasteiger partial charge is 0.398 e. The minimum Gasteiger partial charge on any atom is -0.398 e. The second-order valence-corrected chi connectivity index (χ2v) is 6.51. The maximum absolute atomic E-state index is 6.23. The van der Waals surface area contributed by atoms with Crippen molar-refractivity contribution in [1.82, 2.24) is 0 Å². The van der Waals surface area contributed by atoms with E-state index in [0.717, 1.165) is 12.0 Å². The van der Waals surface area contributed by atoms with Crippen LogP contribution in [0.3, 0.4) is 0 Å². The van der Waals surface area contributed by atoms with Gasteiger partial charge in [0.2, 0.25) is 0 Å². The van der Waals surface area contributed by atoms with E-state index in [4.69, 9.17) is 17.3 Å². The van der Waals surface area contributed by atoms with Gasteiger partial charge in [-0.05, 0) is 56.2 Å². The zero-order chi connectivity index (χ0) is 13.4. The van der Waals surface area contributed by atoms with Crippen molar-refractivity contribution in [2.75, 3.05) is 17.2 Å². The first-order valence-electron chi connectivity index (χ1n) is 7.49. The minimum absolute atomic E-state index is 0.693. The van der Waals surface area contributed by atoms with Crippen LogP contribution in [0, 0.1) is 12.8 Å². The molecule has 0 spiro atoms. The van der Waals surface area contributed by atoms with E-state index in [-0.39, 0.29) is 0 Å². The van der Waals surface area contributed by atoms with Crippen molar-refractivity contribution in [3.05, 3.63) is 22.7 Å². The number of nitrogens with two attached hydrogens (primary N) is 1. The summed E-state index contributed by atoms with van der Waals surface area (Å²) >= 11 is 6.23. The second kappa shape index (κ2) is 5.24. The Kier molecular flexibility index (Phi) is 3.62. The van der Waals surface area contributed by atoms with Crippen LogP contribution in [-0.2, 0) is 0 Å². The van der Waals surface area contributed by atoms with Crippen molar-refractivity contribution in [1.29, 1.82) is 0 Å². The van der Waals surface area contributed by atoms with E-state index in [0.29, 0.717) is 10.7 Å². The SMILES string of the molecule is Cc1cc(N)c(Cl)cc1N1CCCC2CCCCC21. The fourth-order valence-corrected chi connectivity index (χ4v) is 4.08. The van der Waals surface area contributed by atoms with Gasteiger partial charge in [0.05, 0.1) is 10.7 Å². The number of nitrogens with zero attached hydrogens (tertiary/aromatic N) is 1. The van der Waals surface area contributed by atoms with Crippen LogP contribution in [0.5, 0.6) is 0 Å². The molecule has 2 aliphatic rings. The number of nitrogen functional groups attached to an aromatic ring is 1. The lowest BCUT2D eigenvalue weighted by Crippen LogP contribution is -2.47. The van der Waals surface area contributed by atoms with E-state index in [1.807, 2.05) is 6.07 Å². The number of fused-ring (bicyclic) bond motifs is 1. The van der Waals surface area contributed by atoms with Crippen LogP contribution in [0.4, 0.5) is 11.4 Å². The van der Waals surface area contributed by atoms with Gasteiger partial charge in [-0.1, -0.05) is 24.4 Å². The third-order valence-corrected chi connectivity index (χ3v) is 5.20. The van der Waals surface area contributed by atoms with E-state index >= 15 is 0 Å². The summed E-state index contributed by atoms with van der Waals surface area (Å²) in [6, 6.07) is 4.81. The summed E-state index contributed by atoms with van der Waals surface area (Å²) in [5.74, 6) is 0.887. The smallest absolute Gasteiger partial charge is 0.0656 e. The van der Waals surface area contributed by atoms with E-state index in [2.05, 4.69) is 17.9 Å². The molecule has 0 bridgehead atoms. The van der Waals surface area contributed by atoms with E-state index in [1.54, 1.807) is 0 Å². The molecular formula is C16H23ClN2. The molecule has 19 heavy (non-hydrogen) atoms. The molecule has 0 amide bonds. The van der Waals surface area contributed by atoms with Gasteiger partial charge in [-0.25, -0.2) is 0 Å². The summed E-state index contributed by atoms with van der Waals surface area (Å²) in [6.45, 7) is 3.32. The molecule has 1 aliphatic heterocycles. The first kappa shape index (κ1) is 13.1. The molecule has 3 rings (SSSR count). The topological polar surface area (TPSA) is 29.3 Å². The summed E-state index contributed by atoms with van der Waals surface area (Å²) in [5.41, 5.74) is 9.15. The number of anilines is 2. The Morgan fingerprint density at radius 3 is 2.74 bits per heavy atom. The molecule has 1 aliphatic carbocycles. The van der Waals surface area contributed by atoms with Gasteiger partial charge < -0.3 is 10.6 Å². The van der Waals surface area contributed by atoms with Gasteiger partial charge in [0.1, 0.15) is 0 Å². The fourth-order valence-electron chi connectivity index (χ4n) is 3.93. The Morgan fingerprint density at radius 1 is 1.16 bits per heavy atom. The number of benzene rings is 1. The molecule has 2 unspecified atom stereocenters. The second-order valence-electron chi connectivity index (χ2n) is 6.11. The zero-order valence-electron chi connectivity index (χ0n) is 11.7. The van der Waals surface area contributed by atoms with E-state index < -0.39 is 0 Å². The van der Waals surface area contributed by atoms with Gasteiger partial charge in [-0.2, -0.15) is 0 Å². The summed E-state index contributed by atoms with van der Waals surface area (Å²) in [4.78, 5) is 2.61. The number of rotatable bonds is 1. The molecule has 2 fully saturated rings. The fraction of sp³-hybridized carbons (Fsp3) is 0.625. The molecule has 1 saturated carbocycles. The van der Waals surface area contributed by atoms with Crippen LogP contribution in [0.1, 0.15) is 44.1 Å². The van der Waals surface area contributed by atoms with Crippen LogP contribution in [-0.4, -0.2) is 12.6 Å². The lowest BCUT2D eigenvalue weighted by Gasteiger charge is -2.46. The van der Waals surface area contributed by atoms with Crippen LogP contribution < -0.4 is 10.6 Å². The first-order chi connectivity index (χ1) is 9.16. The van der Waals surface area contributed by atoms with Crippen molar-refractivity contribution < 1.29 is 0 Å². The van der Waals surface area contributed by atoms with Crippen molar-refractivity contribution in [3.8, 4) is 0 Å². The Morgan fingerprint density at radius 2 is 1.89 bits per heavy atom. The number of halogens is 1. The monoisotopic (exact) mass is 278 g/mol. The summed E-state index contributed by atoms with van der Waals surface area (Å²) in [5, 5.41) is 0.693. The Balaban J connectivity index is 1.93. The van der Waals surface area contributed by atoms with Crippen molar-refractivity contribution >= 4 is 23.0 Å².